The van der Waals surface area contributed by atoms with E-state index in [0.29, 0.717) is 12.5 Å². The molecule has 3 fully saturated rings. The molecule has 2 aliphatic heterocycles. The van der Waals surface area contributed by atoms with Crippen LogP contribution in [0.25, 0.3) is 0 Å². The van der Waals surface area contributed by atoms with Gasteiger partial charge in [0.05, 0.1) is 13.2 Å². The molecule has 3 aliphatic rings. The summed E-state index contributed by atoms with van der Waals surface area (Å²) in [5, 5.41) is 6.99. The second-order valence-corrected chi connectivity index (χ2v) is 8.55. The molecule has 1 unspecified atom stereocenters. The van der Waals surface area contributed by atoms with E-state index in [2.05, 4.69) is 49.7 Å². The SMILES string of the molecule is CN=C(NCc1ccccc1N1CCOCC1)NC1CCN(C(=O)C2CCCC2)C1. The third-order valence-electron chi connectivity index (χ3n) is 6.56. The number of hydrogen-bond acceptors (Lipinski definition) is 4. The molecule has 0 spiro atoms. The monoisotopic (exact) mass is 413 g/mol. The highest BCUT2D eigenvalue weighted by Crippen LogP contribution is 2.28. The van der Waals surface area contributed by atoms with E-state index in [-0.39, 0.29) is 12.0 Å². The van der Waals surface area contributed by atoms with Crippen LogP contribution >= 0.6 is 0 Å². The fourth-order valence-corrected chi connectivity index (χ4v) is 4.85. The van der Waals surface area contributed by atoms with E-state index in [4.69, 9.17) is 4.74 Å². The van der Waals surface area contributed by atoms with Crippen LogP contribution in [0.1, 0.15) is 37.7 Å². The van der Waals surface area contributed by atoms with E-state index in [1.807, 2.05) is 0 Å². The molecule has 2 N–H and O–H groups in total. The van der Waals surface area contributed by atoms with Crippen molar-refractivity contribution in [3.05, 3.63) is 29.8 Å². The average Bonchev–Trinajstić information content (AvgIpc) is 3.49. The number of amides is 1. The number of nitrogens with one attached hydrogen (secondary N) is 2. The lowest BCUT2D eigenvalue weighted by Gasteiger charge is -2.30. The van der Waals surface area contributed by atoms with Crippen LogP contribution in [0.3, 0.4) is 0 Å². The van der Waals surface area contributed by atoms with E-state index in [9.17, 15) is 4.79 Å². The van der Waals surface area contributed by atoms with E-state index < -0.39 is 0 Å². The van der Waals surface area contributed by atoms with E-state index >= 15 is 0 Å². The molecule has 1 amide bonds. The molecule has 1 atom stereocenters. The Morgan fingerprint density at radius 3 is 2.67 bits per heavy atom. The predicted octanol–water partition coefficient (Wildman–Crippen LogP) is 1.98. The number of aliphatic imine (C=N–C) groups is 1. The number of carbonyl (C=O) groups is 1. The first-order chi connectivity index (χ1) is 14.7. The number of ether oxygens (including phenoxy) is 1. The minimum Gasteiger partial charge on any atom is -0.378 e. The largest absolute Gasteiger partial charge is 0.378 e. The molecule has 2 saturated heterocycles. The van der Waals surface area contributed by atoms with E-state index in [1.54, 1.807) is 7.05 Å². The molecule has 0 aromatic heterocycles. The number of nitrogens with zero attached hydrogens (tertiary/aromatic N) is 3. The fourth-order valence-electron chi connectivity index (χ4n) is 4.85. The number of rotatable bonds is 5. The molecular weight excluding hydrogens is 378 g/mol. The standard InChI is InChI=1S/C23H35N5O2/c1-24-23(26-20-10-11-28(17-20)22(29)18-6-2-3-7-18)25-16-19-8-4-5-9-21(19)27-12-14-30-15-13-27/h4-5,8-9,18,20H,2-3,6-7,10-17H2,1H3,(H2,24,25,26). The maximum atomic E-state index is 12.7. The second kappa shape index (κ2) is 10.2. The van der Waals surface area contributed by atoms with Gasteiger partial charge < -0.3 is 25.2 Å². The summed E-state index contributed by atoms with van der Waals surface area (Å²) in [6.07, 6.45) is 5.52. The van der Waals surface area contributed by atoms with Gasteiger partial charge in [-0.1, -0.05) is 31.0 Å². The molecule has 4 rings (SSSR count). The quantitative estimate of drug-likeness (QED) is 0.571. The highest BCUT2D eigenvalue weighted by atomic mass is 16.5. The first kappa shape index (κ1) is 21.0. The molecule has 1 aliphatic carbocycles. The Kier molecular flexibility index (Phi) is 7.10. The van der Waals surface area contributed by atoms with Crippen molar-refractivity contribution in [2.75, 3.05) is 51.3 Å². The van der Waals surface area contributed by atoms with Gasteiger partial charge in [-0.05, 0) is 30.9 Å². The molecule has 0 radical (unpaired) electrons. The number of carbonyl (C=O) groups excluding carboxylic acids is 1. The Labute approximate surface area is 179 Å². The van der Waals surface area contributed by atoms with Gasteiger partial charge in [0.25, 0.3) is 0 Å². The summed E-state index contributed by atoms with van der Waals surface area (Å²) in [7, 11) is 1.81. The summed E-state index contributed by atoms with van der Waals surface area (Å²) < 4.78 is 5.49. The second-order valence-electron chi connectivity index (χ2n) is 8.55. The minimum atomic E-state index is 0.260. The third kappa shape index (κ3) is 5.06. The Hall–Kier alpha value is -2.28. The average molecular weight is 414 g/mol. The van der Waals surface area contributed by atoms with Gasteiger partial charge in [0, 0.05) is 57.4 Å². The first-order valence-electron chi connectivity index (χ1n) is 11.4. The fraction of sp³-hybridized carbons (Fsp3) is 0.652. The van der Waals surface area contributed by atoms with Crippen molar-refractivity contribution in [3.8, 4) is 0 Å². The molecule has 1 aromatic carbocycles. The van der Waals surface area contributed by atoms with E-state index in [1.165, 1.54) is 24.1 Å². The lowest BCUT2D eigenvalue weighted by molar-refractivity contribution is -0.134. The van der Waals surface area contributed by atoms with Crippen LogP contribution in [0.15, 0.2) is 29.3 Å². The topological polar surface area (TPSA) is 69.2 Å². The molecule has 1 aromatic rings. The normalized spacial score (nSPS) is 23.1. The number of morpholine rings is 1. The Morgan fingerprint density at radius 1 is 1.13 bits per heavy atom. The van der Waals surface area contributed by atoms with Crippen molar-refractivity contribution in [1.82, 2.24) is 15.5 Å². The molecule has 1 saturated carbocycles. The Balaban J connectivity index is 1.29. The van der Waals surface area contributed by atoms with Crippen LogP contribution in [0.5, 0.6) is 0 Å². The summed E-state index contributed by atoms with van der Waals surface area (Å²) >= 11 is 0. The molecule has 2 heterocycles. The third-order valence-corrected chi connectivity index (χ3v) is 6.56. The van der Waals surface area contributed by atoms with E-state index in [0.717, 1.165) is 64.6 Å². The summed E-state index contributed by atoms with van der Waals surface area (Å²) in [5.74, 6) is 1.42. The summed E-state index contributed by atoms with van der Waals surface area (Å²) in [4.78, 5) is 21.5. The van der Waals surface area contributed by atoms with Gasteiger partial charge in [-0.3, -0.25) is 9.79 Å². The number of hydrogen-bond donors (Lipinski definition) is 2. The van der Waals surface area contributed by atoms with Crippen molar-refractivity contribution in [1.29, 1.82) is 0 Å². The van der Waals surface area contributed by atoms with Crippen LogP contribution in [-0.2, 0) is 16.1 Å². The molecule has 7 heteroatoms. The summed E-state index contributed by atoms with van der Waals surface area (Å²) in [6.45, 7) is 5.76. The Morgan fingerprint density at radius 2 is 1.90 bits per heavy atom. The zero-order valence-corrected chi connectivity index (χ0v) is 18.1. The lowest BCUT2D eigenvalue weighted by Crippen LogP contribution is -2.45. The Bertz CT molecular complexity index is 741. The van der Waals surface area contributed by atoms with Crippen LogP contribution in [-0.4, -0.2) is 69.2 Å². The number of benzene rings is 1. The van der Waals surface area contributed by atoms with Gasteiger partial charge in [-0.15, -0.1) is 0 Å². The van der Waals surface area contributed by atoms with Gasteiger partial charge in [0.1, 0.15) is 0 Å². The molecular formula is C23H35N5O2. The first-order valence-corrected chi connectivity index (χ1v) is 11.4. The number of anilines is 1. The van der Waals surface area contributed by atoms with Crippen LogP contribution in [0.2, 0.25) is 0 Å². The van der Waals surface area contributed by atoms with Crippen LogP contribution in [0, 0.1) is 5.92 Å². The highest BCUT2D eigenvalue weighted by Gasteiger charge is 2.32. The summed E-state index contributed by atoms with van der Waals surface area (Å²) in [6, 6.07) is 8.79. The maximum absolute atomic E-state index is 12.7. The molecule has 164 valence electrons. The van der Waals surface area contributed by atoms with Gasteiger partial charge in [-0.2, -0.15) is 0 Å². The molecule has 0 bridgehead atoms. The molecule has 7 nitrogen and oxygen atoms in total. The predicted molar refractivity (Wildman–Crippen MR) is 120 cm³/mol. The maximum Gasteiger partial charge on any atom is 0.225 e. The highest BCUT2D eigenvalue weighted by molar-refractivity contribution is 5.81. The van der Waals surface area contributed by atoms with Crippen LogP contribution in [0.4, 0.5) is 5.69 Å². The van der Waals surface area contributed by atoms with Crippen LogP contribution < -0.4 is 15.5 Å². The number of guanidine groups is 1. The number of likely N-dealkylation sites (tertiary alicyclic amines) is 1. The minimum absolute atomic E-state index is 0.260. The van der Waals surface area contributed by atoms with Crippen molar-refractivity contribution in [3.63, 3.8) is 0 Å². The van der Waals surface area contributed by atoms with Gasteiger partial charge in [0.15, 0.2) is 5.96 Å². The van der Waals surface area contributed by atoms with Gasteiger partial charge in [0.2, 0.25) is 5.91 Å². The zero-order valence-electron chi connectivity index (χ0n) is 18.1. The van der Waals surface area contributed by atoms with Gasteiger partial charge >= 0.3 is 0 Å². The van der Waals surface area contributed by atoms with Crippen molar-refractivity contribution in [2.45, 2.75) is 44.7 Å². The van der Waals surface area contributed by atoms with Gasteiger partial charge in [-0.25, -0.2) is 0 Å². The smallest absolute Gasteiger partial charge is 0.225 e. The number of para-hydroxylation sites is 1. The lowest BCUT2D eigenvalue weighted by atomic mass is 10.1. The van der Waals surface area contributed by atoms with Crippen molar-refractivity contribution < 1.29 is 9.53 Å². The molecule has 30 heavy (non-hydrogen) atoms. The zero-order chi connectivity index (χ0) is 20.8. The van der Waals surface area contributed by atoms with Crippen molar-refractivity contribution in [2.24, 2.45) is 10.9 Å². The van der Waals surface area contributed by atoms with Crippen molar-refractivity contribution >= 4 is 17.6 Å². The summed E-state index contributed by atoms with van der Waals surface area (Å²) in [5.41, 5.74) is 2.52.